The summed E-state index contributed by atoms with van der Waals surface area (Å²) >= 11 is 3.30. The van der Waals surface area contributed by atoms with E-state index in [2.05, 4.69) is 21.2 Å². The molecule has 0 spiro atoms. The second kappa shape index (κ2) is 6.41. The van der Waals surface area contributed by atoms with Crippen LogP contribution in [0.25, 0.3) is 0 Å². The Morgan fingerprint density at radius 1 is 1.10 bits per heavy atom. The van der Waals surface area contributed by atoms with Crippen molar-refractivity contribution in [1.82, 2.24) is 0 Å². The zero-order valence-electron chi connectivity index (χ0n) is 11.1. The van der Waals surface area contributed by atoms with Gasteiger partial charge in [0.2, 0.25) is 0 Å². The zero-order valence-corrected chi connectivity index (χ0v) is 13.5. The first-order chi connectivity index (χ1) is 9.47. The predicted octanol–water partition coefficient (Wildman–Crippen LogP) is 3.64. The van der Waals surface area contributed by atoms with E-state index in [-0.39, 0.29) is 5.75 Å². The molecule has 0 bridgehead atoms. The van der Waals surface area contributed by atoms with Gasteiger partial charge < -0.3 is 5.32 Å². The topological polar surface area (TPSA) is 46.2 Å². The second-order valence-electron chi connectivity index (χ2n) is 4.57. The molecule has 0 fully saturated rings. The van der Waals surface area contributed by atoms with Crippen LogP contribution in [0.1, 0.15) is 5.56 Å². The molecule has 0 saturated carbocycles. The van der Waals surface area contributed by atoms with Gasteiger partial charge in [0.25, 0.3) is 0 Å². The Labute approximate surface area is 128 Å². The molecule has 0 aromatic heterocycles. The Morgan fingerprint density at radius 2 is 1.80 bits per heavy atom. The molecule has 106 valence electrons. The lowest BCUT2D eigenvalue weighted by atomic mass is 10.2. The summed E-state index contributed by atoms with van der Waals surface area (Å²) in [7, 11) is -3.24. The molecule has 1 N–H and O–H groups in total. The minimum Gasteiger partial charge on any atom is -0.384 e. The van der Waals surface area contributed by atoms with Crippen LogP contribution in [0.3, 0.4) is 0 Å². The van der Waals surface area contributed by atoms with Gasteiger partial charge in [0.05, 0.1) is 10.6 Å². The van der Waals surface area contributed by atoms with E-state index < -0.39 is 9.84 Å². The Morgan fingerprint density at radius 3 is 2.45 bits per heavy atom. The summed E-state index contributed by atoms with van der Waals surface area (Å²) in [6.07, 6.45) is 0. The van der Waals surface area contributed by atoms with Gasteiger partial charge in [-0.2, -0.15) is 0 Å². The maximum atomic E-state index is 12.1. The van der Waals surface area contributed by atoms with E-state index in [9.17, 15) is 8.42 Å². The summed E-state index contributed by atoms with van der Waals surface area (Å²) in [6, 6.07) is 14.6. The van der Waals surface area contributed by atoms with E-state index in [0.29, 0.717) is 11.4 Å². The molecule has 2 rings (SSSR count). The smallest absolute Gasteiger partial charge is 0.180 e. The van der Waals surface area contributed by atoms with Crippen molar-refractivity contribution < 1.29 is 8.42 Å². The fraction of sp³-hybridized carbons (Fsp3) is 0.200. The van der Waals surface area contributed by atoms with Crippen LogP contribution in [0, 0.1) is 6.92 Å². The third-order valence-electron chi connectivity index (χ3n) is 2.89. The van der Waals surface area contributed by atoms with Gasteiger partial charge in [0.15, 0.2) is 9.84 Å². The molecule has 0 aliphatic heterocycles. The molecule has 0 unspecified atom stereocenters. The molecule has 0 saturated heterocycles. The number of aryl methyl sites for hydroxylation is 1. The van der Waals surface area contributed by atoms with E-state index in [0.717, 1.165) is 15.7 Å². The summed E-state index contributed by atoms with van der Waals surface area (Å²) < 4.78 is 25.2. The fourth-order valence-corrected chi connectivity index (χ4v) is 3.27. The van der Waals surface area contributed by atoms with E-state index in [1.807, 2.05) is 31.2 Å². The highest BCUT2D eigenvalue weighted by Crippen LogP contribution is 2.16. The lowest BCUT2D eigenvalue weighted by Gasteiger charge is -2.08. The van der Waals surface area contributed by atoms with E-state index in [1.165, 1.54) is 0 Å². The number of sulfone groups is 1. The monoisotopic (exact) mass is 353 g/mol. The molecule has 0 aliphatic carbocycles. The first kappa shape index (κ1) is 15.1. The molecule has 0 amide bonds. The number of benzene rings is 2. The van der Waals surface area contributed by atoms with Crippen LogP contribution in [-0.2, 0) is 9.84 Å². The summed E-state index contributed by atoms with van der Waals surface area (Å²) in [5.74, 6) is 0.0720. The van der Waals surface area contributed by atoms with Crippen molar-refractivity contribution in [3.8, 4) is 0 Å². The van der Waals surface area contributed by atoms with E-state index >= 15 is 0 Å². The largest absolute Gasteiger partial charge is 0.384 e. The highest BCUT2D eigenvalue weighted by molar-refractivity contribution is 9.10. The first-order valence-corrected chi connectivity index (χ1v) is 8.71. The van der Waals surface area contributed by atoms with Crippen LogP contribution >= 0.6 is 15.9 Å². The minimum absolute atomic E-state index is 0.0720. The van der Waals surface area contributed by atoms with Gasteiger partial charge in [-0.25, -0.2) is 8.42 Å². The van der Waals surface area contributed by atoms with Crippen LogP contribution in [0.4, 0.5) is 5.69 Å². The van der Waals surface area contributed by atoms with Gasteiger partial charge in [-0.05, 0) is 48.9 Å². The lowest BCUT2D eigenvalue weighted by molar-refractivity contribution is 0.596. The third-order valence-corrected chi connectivity index (χ3v) is 5.15. The number of hydrogen-bond acceptors (Lipinski definition) is 3. The maximum absolute atomic E-state index is 12.1. The highest BCUT2D eigenvalue weighted by Gasteiger charge is 2.13. The van der Waals surface area contributed by atoms with Crippen LogP contribution in [0.5, 0.6) is 0 Å². The van der Waals surface area contributed by atoms with E-state index in [1.54, 1.807) is 24.3 Å². The molecule has 2 aromatic rings. The summed E-state index contributed by atoms with van der Waals surface area (Å²) in [5.41, 5.74) is 2.08. The Hall–Kier alpha value is -1.33. The van der Waals surface area contributed by atoms with Crippen LogP contribution in [0.15, 0.2) is 57.9 Å². The average Bonchev–Trinajstić information content (AvgIpc) is 2.39. The van der Waals surface area contributed by atoms with Crippen LogP contribution in [-0.4, -0.2) is 20.7 Å². The highest BCUT2D eigenvalue weighted by atomic mass is 79.9. The number of rotatable bonds is 5. The molecule has 3 nitrogen and oxygen atoms in total. The standard InChI is InChI=1S/C15H16BrNO2S/c1-12-3-2-4-14(11-12)17-9-10-20(18,19)15-7-5-13(16)6-8-15/h2-8,11,17H,9-10H2,1H3. The van der Waals surface area contributed by atoms with Crippen LogP contribution in [0.2, 0.25) is 0 Å². The SMILES string of the molecule is Cc1cccc(NCCS(=O)(=O)c2ccc(Br)cc2)c1. The van der Waals surface area contributed by atoms with Crippen molar-refractivity contribution in [2.24, 2.45) is 0 Å². The predicted molar refractivity (Wildman–Crippen MR) is 85.9 cm³/mol. The van der Waals surface area contributed by atoms with Crippen molar-refractivity contribution >= 4 is 31.5 Å². The zero-order chi connectivity index (χ0) is 14.6. The minimum atomic E-state index is -3.24. The molecule has 0 heterocycles. The summed E-state index contributed by atoms with van der Waals surface area (Å²) in [6.45, 7) is 2.39. The number of hydrogen-bond donors (Lipinski definition) is 1. The molecule has 5 heteroatoms. The molecule has 2 aromatic carbocycles. The van der Waals surface area contributed by atoms with Crippen molar-refractivity contribution in [3.63, 3.8) is 0 Å². The first-order valence-electron chi connectivity index (χ1n) is 6.26. The lowest BCUT2D eigenvalue weighted by Crippen LogP contribution is -2.15. The average molecular weight is 354 g/mol. The molecular formula is C15H16BrNO2S. The quantitative estimate of drug-likeness (QED) is 0.892. The third kappa shape index (κ3) is 4.08. The Bertz CT molecular complexity index is 681. The number of anilines is 1. The van der Waals surface area contributed by atoms with Gasteiger partial charge in [-0.3, -0.25) is 0 Å². The molecular weight excluding hydrogens is 338 g/mol. The second-order valence-corrected chi connectivity index (χ2v) is 7.59. The van der Waals surface area contributed by atoms with Gasteiger partial charge in [0.1, 0.15) is 0 Å². The molecule has 20 heavy (non-hydrogen) atoms. The van der Waals surface area contributed by atoms with Gasteiger partial charge in [-0.15, -0.1) is 0 Å². The van der Waals surface area contributed by atoms with Gasteiger partial charge >= 0.3 is 0 Å². The maximum Gasteiger partial charge on any atom is 0.180 e. The molecule has 0 aliphatic rings. The normalized spacial score (nSPS) is 11.3. The fourth-order valence-electron chi connectivity index (χ4n) is 1.84. The van der Waals surface area contributed by atoms with E-state index in [4.69, 9.17) is 0 Å². The molecule has 0 atom stereocenters. The van der Waals surface area contributed by atoms with Crippen LogP contribution < -0.4 is 5.32 Å². The number of nitrogens with one attached hydrogen (secondary N) is 1. The Kier molecular flexibility index (Phi) is 4.83. The summed E-state index contributed by atoms with van der Waals surface area (Å²) in [5, 5.41) is 3.13. The van der Waals surface area contributed by atoms with Gasteiger partial charge in [0, 0.05) is 16.7 Å². The van der Waals surface area contributed by atoms with Crippen molar-refractivity contribution in [2.45, 2.75) is 11.8 Å². The molecule has 0 radical (unpaired) electrons. The summed E-state index contributed by atoms with van der Waals surface area (Å²) in [4.78, 5) is 0.353. The Balaban J connectivity index is 1.98. The van der Waals surface area contributed by atoms with Crippen molar-refractivity contribution in [1.29, 1.82) is 0 Å². The van der Waals surface area contributed by atoms with Gasteiger partial charge in [-0.1, -0.05) is 28.1 Å². The number of halogens is 1. The van der Waals surface area contributed by atoms with Crippen molar-refractivity contribution in [3.05, 3.63) is 58.6 Å². The van der Waals surface area contributed by atoms with Crippen molar-refractivity contribution in [2.75, 3.05) is 17.6 Å².